The molecule has 132 valence electrons. The summed E-state index contributed by atoms with van der Waals surface area (Å²) in [6.45, 7) is 5.01. The molecule has 6 nitrogen and oxygen atoms in total. The van der Waals surface area contributed by atoms with Crippen LogP contribution in [0.2, 0.25) is 0 Å². The van der Waals surface area contributed by atoms with Gasteiger partial charge in [-0.25, -0.2) is 9.48 Å². The zero-order valence-electron chi connectivity index (χ0n) is 14.5. The first-order chi connectivity index (χ1) is 12.6. The van der Waals surface area contributed by atoms with Crippen molar-refractivity contribution < 1.29 is 4.42 Å². The second-order valence-electron chi connectivity index (χ2n) is 6.58. The Balaban J connectivity index is 1.76. The van der Waals surface area contributed by atoms with E-state index in [9.17, 15) is 4.79 Å². The van der Waals surface area contributed by atoms with Crippen molar-refractivity contribution in [2.24, 2.45) is 5.92 Å². The molecule has 2 aromatic carbocycles. The maximum atomic E-state index is 12.0. The van der Waals surface area contributed by atoms with E-state index in [2.05, 4.69) is 41.5 Å². The monoisotopic (exact) mass is 366 g/mol. The van der Waals surface area contributed by atoms with E-state index in [0.717, 1.165) is 33.4 Å². The van der Waals surface area contributed by atoms with E-state index >= 15 is 0 Å². The number of benzene rings is 2. The van der Waals surface area contributed by atoms with E-state index in [1.54, 1.807) is 10.7 Å². The van der Waals surface area contributed by atoms with Crippen molar-refractivity contribution in [2.75, 3.05) is 0 Å². The number of thioether (sulfide) groups is 1. The van der Waals surface area contributed by atoms with Gasteiger partial charge in [0.05, 0.1) is 0 Å². The molecule has 4 aromatic rings. The summed E-state index contributed by atoms with van der Waals surface area (Å²) in [6.07, 6.45) is 0. The van der Waals surface area contributed by atoms with Crippen LogP contribution < -0.4 is 5.63 Å². The second kappa shape index (κ2) is 6.92. The van der Waals surface area contributed by atoms with Crippen molar-refractivity contribution in [2.45, 2.75) is 31.3 Å². The fraction of sp³-hybridized carbons (Fsp3) is 0.263. The molecule has 2 heterocycles. The summed E-state index contributed by atoms with van der Waals surface area (Å²) in [5.74, 6) is 1.04. The lowest BCUT2D eigenvalue weighted by molar-refractivity contribution is 0.446. The summed E-state index contributed by atoms with van der Waals surface area (Å²) >= 11 is 1.53. The maximum Gasteiger partial charge on any atom is 0.336 e. The van der Waals surface area contributed by atoms with Gasteiger partial charge >= 0.3 is 5.63 Å². The summed E-state index contributed by atoms with van der Waals surface area (Å²) < 4.78 is 7.22. The molecule has 0 saturated carbocycles. The molecule has 7 heteroatoms. The third kappa shape index (κ3) is 3.22. The molecule has 0 aliphatic heterocycles. The number of hydrogen-bond donors (Lipinski definition) is 0. The van der Waals surface area contributed by atoms with Crippen LogP contribution in [0.4, 0.5) is 0 Å². The lowest BCUT2D eigenvalue weighted by Crippen LogP contribution is -2.08. The van der Waals surface area contributed by atoms with E-state index in [4.69, 9.17) is 4.42 Å². The van der Waals surface area contributed by atoms with Crippen LogP contribution in [0.3, 0.4) is 0 Å². The Labute approximate surface area is 154 Å². The minimum absolute atomic E-state index is 0.342. The average Bonchev–Trinajstić information content (AvgIpc) is 3.05. The molecule has 0 radical (unpaired) electrons. The van der Waals surface area contributed by atoms with Gasteiger partial charge in [-0.15, -0.1) is 5.10 Å². The van der Waals surface area contributed by atoms with E-state index in [1.807, 2.05) is 24.3 Å². The fourth-order valence-electron chi connectivity index (χ4n) is 3.04. The summed E-state index contributed by atoms with van der Waals surface area (Å²) in [5.41, 5.74) is 1.19. The third-order valence-electron chi connectivity index (χ3n) is 4.11. The molecule has 0 atom stereocenters. The van der Waals surface area contributed by atoms with Gasteiger partial charge in [-0.2, -0.15) is 0 Å². The van der Waals surface area contributed by atoms with E-state index in [-0.39, 0.29) is 5.63 Å². The molecule has 26 heavy (non-hydrogen) atoms. The summed E-state index contributed by atoms with van der Waals surface area (Å²) in [7, 11) is 0. The van der Waals surface area contributed by atoms with Gasteiger partial charge in [0.15, 0.2) is 0 Å². The topological polar surface area (TPSA) is 73.8 Å². The predicted molar refractivity (Wildman–Crippen MR) is 102 cm³/mol. The Hall–Kier alpha value is -2.67. The summed E-state index contributed by atoms with van der Waals surface area (Å²) in [6, 6.07) is 13.5. The van der Waals surface area contributed by atoms with Crippen molar-refractivity contribution in [3.05, 3.63) is 58.4 Å². The fourth-order valence-corrected chi connectivity index (χ4v) is 3.90. The first kappa shape index (κ1) is 16.8. The SMILES string of the molecule is CC(C)Cn1nnnc1SCc1cc(=O)oc2ccc3ccccc3c12. The highest BCUT2D eigenvalue weighted by molar-refractivity contribution is 7.98. The molecule has 0 fully saturated rings. The molecule has 0 N–H and O–H groups in total. The van der Waals surface area contributed by atoms with Crippen LogP contribution in [0.5, 0.6) is 0 Å². The van der Waals surface area contributed by atoms with Crippen molar-refractivity contribution in [1.29, 1.82) is 0 Å². The Morgan fingerprint density at radius 1 is 1.19 bits per heavy atom. The lowest BCUT2D eigenvalue weighted by atomic mass is 10.0. The highest BCUT2D eigenvalue weighted by Crippen LogP contribution is 2.30. The molecular formula is C19H18N4O2S. The van der Waals surface area contributed by atoms with E-state index in [0.29, 0.717) is 17.3 Å². The Bertz CT molecular complexity index is 1130. The van der Waals surface area contributed by atoms with Crippen molar-refractivity contribution in [3.63, 3.8) is 0 Å². The van der Waals surface area contributed by atoms with Crippen molar-refractivity contribution in [3.8, 4) is 0 Å². The van der Waals surface area contributed by atoms with E-state index < -0.39 is 0 Å². The lowest BCUT2D eigenvalue weighted by Gasteiger charge is -2.09. The number of nitrogens with zero attached hydrogens (tertiary/aromatic N) is 4. The Kier molecular flexibility index (Phi) is 4.46. The maximum absolute atomic E-state index is 12.0. The molecule has 0 unspecified atom stereocenters. The van der Waals surface area contributed by atoms with Gasteiger partial charge in [-0.05, 0) is 38.7 Å². The predicted octanol–water partition coefficient (Wildman–Crippen LogP) is 3.88. The quantitative estimate of drug-likeness (QED) is 0.303. The van der Waals surface area contributed by atoms with Crippen LogP contribution in [0, 0.1) is 5.92 Å². The summed E-state index contributed by atoms with van der Waals surface area (Å²) in [5, 5.41) is 15.9. The van der Waals surface area contributed by atoms with Crippen LogP contribution in [0.1, 0.15) is 19.4 Å². The molecule has 0 bridgehead atoms. The molecule has 0 spiro atoms. The minimum atomic E-state index is -0.342. The van der Waals surface area contributed by atoms with Crippen LogP contribution in [-0.4, -0.2) is 20.2 Å². The molecule has 2 aromatic heterocycles. The number of aromatic nitrogens is 4. The first-order valence-corrected chi connectivity index (χ1v) is 9.44. The van der Waals surface area contributed by atoms with Crippen LogP contribution in [0.15, 0.2) is 56.8 Å². The second-order valence-corrected chi connectivity index (χ2v) is 7.52. The summed E-state index contributed by atoms with van der Waals surface area (Å²) in [4.78, 5) is 12.0. The number of tetrazole rings is 1. The van der Waals surface area contributed by atoms with Gasteiger partial charge in [-0.3, -0.25) is 0 Å². The average molecular weight is 366 g/mol. The number of hydrogen-bond acceptors (Lipinski definition) is 6. The highest BCUT2D eigenvalue weighted by atomic mass is 32.2. The molecule has 0 aliphatic carbocycles. The standard InChI is InChI=1S/C19H18N4O2S/c1-12(2)10-23-19(20-21-22-23)26-11-14-9-17(24)25-16-8-7-13-5-3-4-6-15(13)18(14)16/h3-9,12H,10-11H2,1-2H3. The van der Waals surface area contributed by atoms with Crippen molar-refractivity contribution >= 4 is 33.5 Å². The molecule has 0 amide bonds. The third-order valence-corrected chi connectivity index (χ3v) is 5.11. The van der Waals surface area contributed by atoms with Crippen LogP contribution in [0.25, 0.3) is 21.7 Å². The van der Waals surface area contributed by atoms with Gasteiger partial charge < -0.3 is 4.42 Å². The van der Waals surface area contributed by atoms with Gasteiger partial charge in [0.25, 0.3) is 0 Å². The van der Waals surface area contributed by atoms with E-state index in [1.165, 1.54) is 11.8 Å². The van der Waals surface area contributed by atoms with Crippen LogP contribution in [-0.2, 0) is 12.3 Å². The zero-order valence-corrected chi connectivity index (χ0v) is 15.4. The van der Waals surface area contributed by atoms with Gasteiger partial charge in [0.1, 0.15) is 5.58 Å². The molecule has 0 saturated heterocycles. The van der Waals surface area contributed by atoms with Gasteiger partial charge in [0.2, 0.25) is 5.16 Å². The number of fused-ring (bicyclic) bond motifs is 3. The largest absolute Gasteiger partial charge is 0.423 e. The Morgan fingerprint density at radius 2 is 2.04 bits per heavy atom. The first-order valence-electron chi connectivity index (χ1n) is 8.45. The molecular weight excluding hydrogens is 348 g/mol. The van der Waals surface area contributed by atoms with Gasteiger partial charge in [-0.1, -0.05) is 55.9 Å². The molecule has 4 rings (SSSR count). The highest BCUT2D eigenvalue weighted by Gasteiger charge is 2.13. The molecule has 0 aliphatic rings. The van der Waals surface area contributed by atoms with Gasteiger partial charge in [0, 0.05) is 23.8 Å². The zero-order chi connectivity index (χ0) is 18.1. The number of rotatable bonds is 5. The van der Waals surface area contributed by atoms with Crippen LogP contribution >= 0.6 is 11.8 Å². The van der Waals surface area contributed by atoms with Crippen molar-refractivity contribution in [1.82, 2.24) is 20.2 Å². The smallest absolute Gasteiger partial charge is 0.336 e. The Morgan fingerprint density at radius 3 is 2.88 bits per heavy atom. The normalized spacial score (nSPS) is 11.7. The minimum Gasteiger partial charge on any atom is -0.423 e.